The van der Waals surface area contributed by atoms with Crippen LogP contribution in [0.4, 0.5) is 0 Å². The second-order valence-electron chi connectivity index (χ2n) is 2.81. The van der Waals surface area contributed by atoms with Crippen molar-refractivity contribution >= 4 is 21.8 Å². The Kier molecular flexibility index (Phi) is 3.97. The molecule has 1 rings (SSSR count). The topological polar surface area (TPSA) is 74.8 Å². The van der Waals surface area contributed by atoms with Crippen LogP contribution in [0, 0.1) is 0 Å². The van der Waals surface area contributed by atoms with Gasteiger partial charge in [-0.25, -0.2) is 18.1 Å². The lowest BCUT2D eigenvalue weighted by Crippen LogP contribution is -2.29. The van der Waals surface area contributed by atoms with E-state index in [1.807, 2.05) is 13.2 Å². The van der Waals surface area contributed by atoms with Crippen LogP contribution < -0.4 is 4.72 Å². The average molecular weight is 235 g/mol. The van der Waals surface area contributed by atoms with Crippen LogP contribution >= 0.6 is 11.8 Å². The van der Waals surface area contributed by atoms with E-state index in [0.29, 0.717) is 6.54 Å². The zero-order valence-electron chi connectivity index (χ0n) is 8.02. The summed E-state index contributed by atoms with van der Waals surface area (Å²) in [5.74, 6) is 0. The van der Waals surface area contributed by atoms with Crippen LogP contribution in [0.3, 0.4) is 0 Å². The van der Waals surface area contributed by atoms with Crippen LogP contribution in [-0.2, 0) is 10.0 Å². The Hall–Kier alpha value is -0.530. The molecule has 0 aromatic carbocycles. The van der Waals surface area contributed by atoms with Crippen molar-refractivity contribution in [1.29, 1.82) is 0 Å². The number of rotatable bonds is 5. The van der Waals surface area contributed by atoms with Crippen LogP contribution in [0.25, 0.3) is 0 Å². The maximum Gasteiger partial charge on any atom is 0.257 e. The number of thioether (sulfide) groups is 1. The van der Waals surface area contributed by atoms with Crippen molar-refractivity contribution in [1.82, 2.24) is 14.7 Å². The fourth-order valence-electron chi connectivity index (χ4n) is 0.778. The molecule has 0 radical (unpaired) electrons. The lowest BCUT2D eigenvalue weighted by atomic mass is 10.5. The smallest absolute Gasteiger partial charge is 0.257 e. The van der Waals surface area contributed by atoms with Crippen LogP contribution in [0.15, 0.2) is 17.6 Å². The summed E-state index contributed by atoms with van der Waals surface area (Å²) in [6, 6.07) is 0. The molecule has 80 valence electrons. The van der Waals surface area contributed by atoms with E-state index in [9.17, 15) is 8.42 Å². The molecule has 14 heavy (non-hydrogen) atoms. The molecule has 1 heterocycles. The van der Waals surface area contributed by atoms with Gasteiger partial charge in [0.15, 0.2) is 5.03 Å². The molecule has 5 nitrogen and oxygen atoms in total. The maximum atomic E-state index is 11.5. The summed E-state index contributed by atoms with van der Waals surface area (Å²) in [5.41, 5.74) is 0. The normalized spacial score (nSPS) is 14.1. The molecule has 0 amide bonds. The molecule has 0 spiro atoms. The Morgan fingerprint density at radius 1 is 1.71 bits per heavy atom. The molecule has 0 bridgehead atoms. The second-order valence-corrected chi connectivity index (χ2v) is 5.83. The van der Waals surface area contributed by atoms with Gasteiger partial charge in [-0.2, -0.15) is 11.8 Å². The molecular weight excluding hydrogens is 222 g/mol. The Balaban J connectivity index is 2.60. The maximum absolute atomic E-state index is 11.5. The van der Waals surface area contributed by atoms with E-state index >= 15 is 0 Å². The molecule has 2 N–H and O–H groups in total. The summed E-state index contributed by atoms with van der Waals surface area (Å²) in [7, 11) is -3.40. The van der Waals surface area contributed by atoms with Crippen LogP contribution in [0.1, 0.15) is 6.92 Å². The van der Waals surface area contributed by atoms with Crippen molar-refractivity contribution in [2.45, 2.75) is 17.2 Å². The van der Waals surface area contributed by atoms with Crippen LogP contribution in [0.5, 0.6) is 0 Å². The molecule has 1 aromatic heterocycles. The van der Waals surface area contributed by atoms with Crippen molar-refractivity contribution in [2.24, 2.45) is 0 Å². The minimum absolute atomic E-state index is 0.103. The average Bonchev–Trinajstić information content (AvgIpc) is 2.67. The highest BCUT2D eigenvalue weighted by Gasteiger charge is 2.15. The van der Waals surface area contributed by atoms with E-state index in [4.69, 9.17) is 0 Å². The van der Waals surface area contributed by atoms with Crippen LogP contribution in [0.2, 0.25) is 0 Å². The SMILES string of the molecule is CSC(C)CNS(=O)(=O)c1cnc[nH]1. The van der Waals surface area contributed by atoms with Gasteiger partial charge in [-0.05, 0) is 6.26 Å². The zero-order valence-corrected chi connectivity index (χ0v) is 9.65. The van der Waals surface area contributed by atoms with Gasteiger partial charge in [-0.15, -0.1) is 0 Å². The minimum Gasteiger partial charge on any atom is -0.335 e. The summed E-state index contributed by atoms with van der Waals surface area (Å²) in [6.07, 6.45) is 4.56. The van der Waals surface area contributed by atoms with Gasteiger partial charge in [0.1, 0.15) is 0 Å². The second kappa shape index (κ2) is 4.81. The predicted octanol–water partition coefficient (Wildman–Crippen LogP) is 0.440. The first-order valence-electron chi connectivity index (χ1n) is 4.07. The minimum atomic E-state index is -3.40. The number of hydrogen-bond acceptors (Lipinski definition) is 4. The highest BCUT2D eigenvalue weighted by Crippen LogP contribution is 2.06. The van der Waals surface area contributed by atoms with Gasteiger partial charge in [0.2, 0.25) is 0 Å². The summed E-state index contributed by atoms with van der Waals surface area (Å²) in [6.45, 7) is 2.38. The van der Waals surface area contributed by atoms with Gasteiger partial charge < -0.3 is 4.98 Å². The molecule has 7 heteroatoms. The van der Waals surface area contributed by atoms with E-state index in [2.05, 4.69) is 14.7 Å². The summed E-state index contributed by atoms with van der Waals surface area (Å²) >= 11 is 1.61. The fourth-order valence-corrected chi connectivity index (χ4v) is 2.17. The van der Waals surface area contributed by atoms with E-state index in [-0.39, 0.29) is 10.3 Å². The highest BCUT2D eigenvalue weighted by molar-refractivity contribution is 7.99. The lowest BCUT2D eigenvalue weighted by molar-refractivity contribution is 0.578. The Morgan fingerprint density at radius 3 is 2.93 bits per heavy atom. The number of sulfonamides is 1. The number of nitrogens with one attached hydrogen (secondary N) is 2. The molecule has 0 fully saturated rings. The van der Waals surface area contributed by atoms with Gasteiger partial charge in [-0.3, -0.25) is 0 Å². The van der Waals surface area contributed by atoms with Crippen molar-refractivity contribution in [3.63, 3.8) is 0 Å². The van der Waals surface area contributed by atoms with E-state index < -0.39 is 10.0 Å². The number of nitrogens with zero attached hydrogens (tertiary/aromatic N) is 1. The third-order valence-corrected chi connectivity index (χ3v) is 4.05. The van der Waals surface area contributed by atoms with Crippen molar-refractivity contribution in [3.8, 4) is 0 Å². The van der Waals surface area contributed by atoms with Gasteiger partial charge in [0.05, 0.1) is 12.5 Å². The largest absolute Gasteiger partial charge is 0.335 e. The number of hydrogen-bond donors (Lipinski definition) is 2. The Labute approximate surface area is 87.8 Å². The third kappa shape index (κ3) is 3.00. The molecule has 0 aliphatic carbocycles. The monoisotopic (exact) mass is 235 g/mol. The molecule has 1 aromatic rings. The lowest BCUT2D eigenvalue weighted by Gasteiger charge is -2.08. The number of H-pyrrole nitrogens is 1. The molecule has 1 unspecified atom stereocenters. The fraction of sp³-hybridized carbons (Fsp3) is 0.571. The van der Waals surface area contributed by atoms with Crippen molar-refractivity contribution < 1.29 is 8.42 Å². The molecule has 0 aliphatic heterocycles. The van der Waals surface area contributed by atoms with Gasteiger partial charge in [-0.1, -0.05) is 6.92 Å². The van der Waals surface area contributed by atoms with E-state index in [1.54, 1.807) is 11.8 Å². The van der Waals surface area contributed by atoms with Gasteiger partial charge in [0.25, 0.3) is 10.0 Å². The molecular formula is C7H13N3O2S2. The van der Waals surface area contributed by atoms with Crippen molar-refractivity contribution in [2.75, 3.05) is 12.8 Å². The third-order valence-electron chi connectivity index (χ3n) is 1.73. The van der Waals surface area contributed by atoms with Gasteiger partial charge in [0, 0.05) is 11.8 Å². The summed E-state index contributed by atoms with van der Waals surface area (Å²) < 4.78 is 25.5. The Bertz CT molecular complexity index is 360. The summed E-state index contributed by atoms with van der Waals surface area (Å²) in [4.78, 5) is 6.21. The first-order valence-corrected chi connectivity index (χ1v) is 6.84. The quantitative estimate of drug-likeness (QED) is 0.776. The highest BCUT2D eigenvalue weighted by atomic mass is 32.2. The summed E-state index contributed by atoms with van der Waals surface area (Å²) in [5, 5.41) is 0.360. The molecule has 0 saturated carbocycles. The first kappa shape index (κ1) is 11.5. The standard InChI is InChI=1S/C7H13N3O2S2/c1-6(13-2)3-10-14(11,12)7-4-8-5-9-7/h4-6,10H,3H2,1-2H3,(H,8,9). The molecule has 1 atom stereocenters. The van der Waals surface area contributed by atoms with Gasteiger partial charge >= 0.3 is 0 Å². The number of aromatic nitrogens is 2. The van der Waals surface area contributed by atoms with E-state index in [0.717, 1.165) is 0 Å². The zero-order chi connectivity index (χ0) is 10.6. The molecule has 0 aliphatic rings. The van der Waals surface area contributed by atoms with Crippen molar-refractivity contribution in [3.05, 3.63) is 12.5 Å². The number of imidazole rings is 1. The first-order chi connectivity index (χ1) is 6.56. The molecule has 0 saturated heterocycles. The Morgan fingerprint density at radius 2 is 2.43 bits per heavy atom. The van der Waals surface area contributed by atoms with Crippen LogP contribution in [-0.4, -0.2) is 36.4 Å². The predicted molar refractivity (Wildman–Crippen MR) is 56.8 cm³/mol. The number of aromatic amines is 1. The van der Waals surface area contributed by atoms with E-state index in [1.165, 1.54) is 12.5 Å².